The van der Waals surface area contributed by atoms with Crippen LogP contribution in [0.25, 0.3) is 16.7 Å². The van der Waals surface area contributed by atoms with Gasteiger partial charge in [-0.05, 0) is 95.6 Å². The molecule has 0 unspecified atom stereocenters. The van der Waals surface area contributed by atoms with Gasteiger partial charge < -0.3 is 4.90 Å². The Morgan fingerprint density at radius 1 is 0.842 bits per heavy atom. The molecule has 1 aromatic heterocycles. The van der Waals surface area contributed by atoms with Gasteiger partial charge in [0.2, 0.25) is 0 Å². The van der Waals surface area contributed by atoms with Gasteiger partial charge in [0, 0.05) is 23.8 Å². The second-order valence-electron chi connectivity index (χ2n) is 10.8. The zero-order valence-corrected chi connectivity index (χ0v) is 24.3. The highest BCUT2D eigenvalue weighted by Gasteiger charge is 2.25. The first kappa shape index (κ1) is 27.6. The van der Waals surface area contributed by atoms with Crippen LogP contribution in [0.3, 0.4) is 0 Å². The zero-order valence-electron chi connectivity index (χ0n) is 24.3. The van der Waals surface area contributed by atoms with Gasteiger partial charge in [-0.15, -0.1) is 0 Å². The summed E-state index contributed by atoms with van der Waals surface area (Å²) in [5.74, 6) is 0.924. The van der Waals surface area contributed by atoms with Crippen LogP contribution in [0.15, 0.2) is 54.6 Å². The number of nitrogens with zero attached hydrogens (tertiary/aromatic N) is 4. The number of carbonyl (C=O) groups excluding carboxylic acids is 1. The molecule has 3 aromatic carbocycles. The van der Waals surface area contributed by atoms with Crippen LogP contribution in [0.5, 0.6) is 0 Å². The van der Waals surface area contributed by atoms with E-state index < -0.39 is 0 Å². The summed E-state index contributed by atoms with van der Waals surface area (Å²) in [6.07, 6.45) is 0. The van der Waals surface area contributed by atoms with Gasteiger partial charge in [-0.3, -0.25) is 14.3 Å². The van der Waals surface area contributed by atoms with E-state index in [1.807, 2.05) is 18.7 Å². The van der Waals surface area contributed by atoms with E-state index in [4.69, 9.17) is 4.98 Å². The zero-order chi connectivity index (χ0) is 27.6. The van der Waals surface area contributed by atoms with Crippen molar-refractivity contribution in [3.8, 4) is 5.69 Å². The summed E-state index contributed by atoms with van der Waals surface area (Å²) < 4.78 is 2.22. The molecule has 0 saturated carbocycles. The summed E-state index contributed by atoms with van der Waals surface area (Å²) in [6, 6.07) is 19.3. The molecule has 1 heterocycles. The van der Waals surface area contributed by atoms with Crippen LogP contribution in [0, 0.1) is 27.7 Å². The van der Waals surface area contributed by atoms with Crippen molar-refractivity contribution in [2.75, 3.05) is 13.1 Å². The van der Waals surface area contributed by atoms with Gasteiger partial charge in [-0.2, -0.15) is 0 Å². The third kappa shape index (κ3) is 5.68. The maximum atomic E-state index is 14.0. The second-order valence-corrected chi connectivity index (χ2v) is 10.8. The third-order valence-electron chi connectivity index (χ3n) is 7.47. The van der Waals surface area contributed by atoms with Crippen LogP contribution in [0.1, 0.15) is 71.7 Å². The lowest BCUT2D eigenvalue weighted by atomic mass is 9.98. The fourth-order valence-corrected chi connectivity index (χ4v) is 5.37. The Bertz CT molecular complexity index is 1400. The largest absolute Gasteiger partial charge is 0.329 e. The number of aromatic nitrogens is 2. The molecule has 4 aromatic rings. The number of rotatable bonds is 9. The van der Waals surface area contributed by atoms with Crippen molar-refractivity contribution >= 4 is 16.9 Å². The molecule has 0 atom stereocenters. The number of benzene rings is 3. The van der Waals surface area contributed by atoms with Crippen LogP contribution in [-0.4, -0.2) is 44.4 Å². The first-order valence-electron chi connectivity index (χ1n) is 13.8. The minimum absolute atomic E-state index is 0.0205. The summed E-state index contributed by atoms with van der Waals surface area (Å²) in [7, 11) is 0. The average molecular weight is 511 g/mol. The molecule has 0 aliphatic rings. The second kappa shape index (κ2) is 11.5. The average Bonchev–Trinajstić information content (AvgIpc) is 3.22. The lowest BCUT2D eigenvalue weighted by Gasteiger charge is -2.28. The van der Waals surface area contributed by atoms with Gasteiger partial charge in [-0.1, -0.05) is 55.3 Å². The monoisotopic (exact) mass is 510 g/mol. The van der Waals surface area contributed by atoms with E-state index in [0.717, 1.165) is 58.9 Å². The van der Waals surface area contributed by atoms with Gasteiger partial charge in [0.05, 0.1) is 17.6 Å². The number of aryl methyl sites for hydroxylation is 4. The number of hydrogen-bond donors (Lipinski definition) is 0. The number of amides is 1. The first-order chi connectivity index (χ1) is 18.1. The molecule has 0 N–H and O–H groups in total. The van der Waals surface area contributed by atoms with Gasteiger partial charge >= 0.3 is 0 Å². The standard InChI is InChI=1S/C33H42N4O/c1-9-35(10-2)20-27-13-16-30-29(19-27)34-31(37(30)28-14-11-23(5)12-15-28)21-36(22(3)4)33(38)32-25(7)17-24(6)18-26(32)8/h11-19,22H,9-10,20-21H2,1-8H3. The van der Waals surface area contributed by atoms with Crippen molar-refractivity contribution < 1.29 is 4.79 Å². The molecule has 5 nitrogen and oxygen atoms in total. The number of imidazole rings is 1. The number of hydrogen-bond acceptors (Lipinski definition) is 3. The normalized spacial score (nSPS) is 11.6. The smallest absolute Gasteiger partial charge is 0.255 e. The van der Waals surface area contributed by atoms with Crippen LogP contribution in [-0.2, 0) is 13.1 Å². The van der Waals surface area contributed by atoms with E-state index in [-0.39, 0.29) is 11.9 Å². The maximum Gasteiger partial charge on any atom is 0.255 e. The number of fused-ring (bicyclic) bond motifs is 1. The molecule has 0 radical (unpaired) electrons. The highest BCUT2D eigenvalue weighted by molar-refractivity contribution is 5.97. The Morgan fingerprint density at radius 2 is 1.47 bits per heavy atom. The van der Waals surface area contributed by atoms with Gasteiger partial charge in [0.15, 0.2) is 0 Å². The van der Waals surface area contributed by atoms with Crippen LogP contribution >= 0.6 is 0 Å². The van der Waals surface area contributed by atoms with Crippen LogP contribution in [0.2, 0.25) is 0 Å². The molecule has 0 aliphatic heterocycles. The molecular formula is C33H42N4O. The Hall–Kier alpha value is -3.44. The molecular weight excluding hydrogens is 468 g/mol. The Morgan fingerprint density at radius 3 is 2.05 bits per heavy atom. The van der Waals surface area contributed by atoms with Crippen molar-refractivity contribution in [3.63, 3.8) is 0 Å². The molecule has 0 spiro atoms. The highest BCUT2D eigenvalue weighted by Crippen LogP contribution is 2.27. The van der Waals surface area contributed by atoms with Crippen molar-refractivity contribution in [2.45, 2.75) is 74.5 Å². The predicted molar refractivity (Wildman–Crippen MR) is 158 cm³/mol. The van der Waals surface area contributed by atoms with Crippen molar-refractivity contribution in [1.29, 1.82) is 0 Å². The molecule has 5 heteroatoms. The van der Waals surface area contributed by atoms with Gasteiger partial charge in [0.25, 0.3) is 5.91 Å². The fourth-order valence-electron chi connectivity index (χ4n) is 5.37. The minimum atomic E-state index is 0.0205. The van der Waals surface area contributed by atoms with Gasteiger partial charge in [-0.25, -0.2) is 4.98 Å². The van der Waals surface area contributed by atoms with Crippen molar-refractivity contribution in [2.24, 2.45) is 0 Å². The topological polar surface area (TPSA) is 41.4 Å². The summed E-state index contributed by atoms with van der Waals surface area (Å²) in [5, 5.41) is 0. The Kier molecular flexibility index (Phi) is 8.37. The van der Waals surface area contributed by atoms with Crippen molar-refractivity contribution in [3.05, 3.63) is 93.8 Å². The molecule has 4 rings (SSSR count). The fraction of sp³-hybridized carbons (Fsp3) is 0.394. The quantitative estimate of drug-likeness (QED) is 0.240. The van der Waals surface area contributed by atoms with E-state index in [9.17, 15) is 4.79 Å². The van der Waals surface area contributed by atoms with Gasteiger partial charge in [0.1, 0.15) is 5.82 Å². The first-order valence-corrected chi connectivity index (χ1v) is 13.8. The molecule has 38 heavy (non-hydrogen) atoms. The van der Waals surface area contributed by atoms with Crippen LogP contribution in [0.4, 0.5) is 0 Å². The summed E-state index contributed by atoms with van der Waals surface area (Å²) >= 11 is 0. The van der Waals surface area contributed by atoms with E-state index in [1.54, 1.807) is 0 Å². The molecule has 0 bridgehead atoms. The minimum Gasteiger partial charge on any atom is -0.329 e. The van der Waals surface area contributed by atoms with Crippen molar-refractivity contribution in [1.82, 2.24) is 19.4 Å². The van der Waals surface area contributed by atoms with E-state index in [0.29, 0.717) is 6.54 Å². The predicted octanol–water partition coefficient (Wildman–Crippen LogP) is 7.15. The van der Waals surface area contributed by atoms with E-state index >= 15 is 0 Å². The van der Waals surface area contributed by atoms with Crippen LogP contribution < -0.4 is 0 Å². The van der Waals surface area contributed by atoms with E-state index in [1.165, 1.54) is 16.7 Å². The SMILES string of the molecule is CCN(CC)Cc1ccc2c(c1)nc(CN(C(=O)c1c(C)cc(C)cc1C)C(C)C)n2-c1ccc(C)cc1. The Labute approximate surface area is 228 Å². The number of carbonyl (C=O) groups is 1. The molecule has 0 saturated heterocycles. The molecule has 1 amide bonds. The molecule has 0 fully saturated rings. The lowest BCUT2D eigenvalue weighted by molar-refractivity contribution is 0.0683. The molecule has 0 aliphatic carbocycles. The highest BCUT2D eigenvalue weighted by atomic mass is 16.2. The molecule has 200 valence electrons. The Balaban J connectivity index is 1.81. The van der Waals surface area contributed by atoms with E-state index in [2.05, 4.69) is 106 Å². The summed E-state index contributed by atoms with van der Waals surface area (Å²) in [6.45, 7) is 20.2. The maximum absolute atomic E-state index is 14.0. The summed E-state index contributed by atoms with van der Waals surface area (Å²) in [5.41, 5.74) is 9.56. The third-order valence-corrected chi connectivity index (χ3v) is 7.47. The lowest BCUT2D eigenvalue weighted by Crippen LogP contribution is -2.38. The summed E-state index contributed by atoms with van der Waals surface area (Å²) in [4.78, 5) is 23.5.